The molecule has 0 aliphatic heterocycles. The van der Waals surface area contributed by atoms with Crippen molar-refractivity contribution >= 4 is 17.7 Å². The molecule has 0 spiro atoms. The van der Waals surface area contributed by atoms with E-state index in [-0.39, 0.29) is 18.2 Å². The van der Waals surface area contributed by atoms with Crippen molar-refractivity contribution in [2.24, 2.45) is 0 Å². The molecule has 3 rings (SSSR count). The largest absolute Gasteiger partial charge is 0.484 e. The summed E-state index contributed by atoms with van der Waals surface area (Å²) in [7, 11) is 1.74. The molecule has 2 aromatic heterocycles. The summed E-state index contributed by atoms with van der Waals surface area (Å²) in [6.45, 7) is 5.32. The lowest BCUT2D eigenvalue weighted by molar-refractivity contribution is 0.0778. The van der Waals surface area contributed by atoms with Gasteiger partial charge in [0.15, 0.2) is 11.5 Å². The number of nitrogens with zero attached hydrogens (tertiary/aromatic N) is 4. The van der Waals surface area contributed by atoms with Crippen LogP contribution in [0.4, 0.5) is 0 Å². The second kappa shape index (κ2) is 8.97. The summed E-state index contributed by atoms with van der Waals surface area (Å²) in [5.74, 6) is 1.09. The van der Waals surface area contributed by atoms with Crippen LogP contribution in [0.5, 0.6) is 5.75 Å². The highest BCUT2D eigenvalue weighted by Gasteiger charge is 2.18. The van der Waals surface area contributed by atoms with Crippen LogP contribution in [-0.4, -0.2) is 45.6 Å². The zero-order chi connectivity index (χ0) is 20.1. The van der Waals surface area contributed by atoms with Crippen LogP contribution in [0.3, 0.4) is 0 Å². The van der Waals surface area contributed by atoms with Crippen LogP contribution in [-0.2, 0) is 13.2 Å². The van der Waals surface area contributed by atoms with E-state index in [2.05, 4.69) is 10.3 Å². The van der Waals surface area contributed by atoms with Crippen molar-refractivity contribution in [3.05, 3.63) is 59.2 Å². The van der Waals surface area contributed by atoms with Gasteiger partial charge in [-0.15, -0.1) is 11.8 Å². The van der Waals surface area contributed by atoms with Crippen molar-refractivity contribution in [3.63, 3.8) is 0 Å². The summed E-state index contributed by atoms with van der Waals surface area (Å²) in [6, 6.07) is 11.4. The van der Waals surface area contributed by atoms with Gasteiger partial charge in [0.25, 0.3) is 5.91 Å². The summed E-state index contributed by atoms with van der Waals surface area (Å²) < 4.78 is 13.0. The molecule has 28 heavy (non-hydrogen) atoms. The fraction of sp³-hybridized carbons (Fsp3) is 0.350. The van der Waals surface area contributed by atoms with Crippen LogP contribution >= 0.6 is 11.8 Å². The van der Waals surface area contributed by atoms with E-state index in [9.17, 15) is 4.79 Å². The Morgan fingerprint density at radius 2 is 2.07 bits per heavy atom. The number of aryl methyl sites for hydroxylation is 2. The topological polar surface area (TPSA) is 73.4 Å². The molecule has 0 unspecified atom stereocenters. The molecular formula is C20H24N4O3S. The summed E-state index contributed by atoms with van der Waals surface area (Å²) in [5, 5.41) is 8.31. The highest BCUT2D eigenvalue weighted by molar-refractivity contribution is 7.98. The number of hydrogen-bond donors (Lipinski definition) is 0. The van der Waals surface area contributed by atoms with Crippen LogP contribution in [0, 0.1) is 13.8 Å². The average molecular weight is 401 g/mol. The molecular weight excluding hydrogens is 376 g/mol. The van der Waals surface area contributed by atoms with Gasteiger partial charge in [-0.3, -0.25) is 9.48 Å². The number of thioether (sulfide) groups is 1. The molecule has 0 bridgehead atoms. The van der Waals surface area contributed by atoms with Gasteiger partial charge < -0.3 is 14.2 Å². The van der Waals surface area contributed by atoms with Gasteiger partial charge in [-0.05, 0) is 38.3 Å². The molecule has 0 fully saturated rings. The van der Waals surface area contributed by atoms with Crippen LogP contribution in [0.15, 0.2) is 45.8 Å². The van der Waals surface area contributed by atoms with Crippen molar-refractivity contribution in [2.75, 3.05) is 19.8 Å². The van der Waals surface area contributed by atoms with Crippen molar-refractivity contribution in [1.82, 2.24) is 19.8 Å². The third-order valence-corrected chi connectivity index (χ3v) is 5.09. The van der Waals surface area contributed by atoms with Crippen LogP contribution in [0.1, 0.15) is 27.6 Å². The second-order valence-electron chi connectivity index (χ2n) is 6.49. The van der Waals surface area contributed by atoms with Gasteiger partial charge in [0.05, 0.1) is 12.2 Å². The van der Waals surface area contributed by atoms with E-state index < -0.39 is 0 Å². The Bertz CT molecular complexity index is 951. The van der Waals surface area contributed by atoms with Gasteiger partial charge in [-0.25, -0.2) is 0 Å². The van der Waals surface area contributed by atoms with E-state index in [1.807, 2.05) is 55.1 Å². The van der Waals surface area contributed by atoms with Gasteiger partial charge in [0.2, 0.25) is 0 Å². The minimum absolute atomic E-state index is 0.193. The minimum Gasteiger partial charge on any atom is -0.484 e. The van der Waals surface area contributed by atoms with Gasteiger partial charge in [-0.1, -0.05) is 17.3 Å². The van der Waals surface area contributed by atoms with E-state index in [1.54, 1.807) is 29.8 Å². The number of carbonyl (C=O) groups is 1. The Balaban J connectivity index is 1.56. The zero-order valence-corrected chi connectivity index (χ0v) is 17.3. The molecule has 0 aliphatic rings. The number of ether oxygens (including phenoxy) is 1. The minimum atomic E-state index is -0.193. The van der Waals surface area contributed by atoms with Crippen LogP contribution < -0.4 is 4.74 Å². The standard InChI is InChI=1S/C20H24N4O3S/c1-14-11-15(2)24(21-14)10-9-23(3)20(25)17-12-16(27-22-17)13-26-18-7-5-6-8-19(18)28-4/h5-8,11-12H,9-10,13H2,1-4H3. The SMILES string of the molecule is CSc1ccccc1OCc1cc(C(=O)N(C)CCn2nc(C)cc2C)no1. The molecule has 0 saturated heterocycles. The Labute approximate surface area is 168 Å². The number of carbonyl (C=O) groups excluding carboxylic acids is 1. The highest BCUT2D eigenvalue weighted by Crippen LogP contribution is 2.27. The quantitative estimate of drug-likeness (QED) is 0.538. The Kier molecular flexibility index (Phi) is 6.41. The summed E-state index contributed by atoms with van der Waals surface area (Å²) in [4.78, 5) is 15.2. The van der Waals surface area contributed by atoms with E-state index in [0.717, 1.165) is 22.0 Å². The molecule has 1 amide bonds. The lowest BCUT2D eigenvalue weighted by atomic mass is 10.3. The van der Waals surface area contributed by atoms with E-state index in [0.29, 0.717) is 18.8 Å². The average Bonchev–Trinajstić information content (AvgIpc) is 3.29. The number of amides is 1. The molecule has 3 aromatic rings. The maximum atomic E-state index is 12.6. The molecule has 0 aliphatic carbocycles. The first-order chi connectivity index (χ1) is 13.5. The normalized spacial score (nSPS) is 10.9. The molecule has 7 nitrogen and oxygen atoms in total. The van der Waals surface area contributed by atoms with E-state index >= 15 is 0 Å². The first-order valence-corrected chi connectivity index (χ1v) is 10.2. The highest BCUT2D eigenvalue weighted by atomic mass is 32.2. The van der Waals surface area contributed by atoms with Gasteiger partial charge in [0, 0.05) is 30.2 Å². The molecule has 0 atom stereocenters. The van der Waals surface area contributed by atoms with Crippen molar-refractivity contribution in [1.29, 1.82) is 0 Å². The molecule has 0 saturated carbocycles. The summed E-state index contributed by atoms with van der Waals surface area (Å²) in [5.41, 5.74) is 2.31. The third kappa shape index (κ3) is 4.75. The molecule has 8 heteroatoms. The zero-order valence-electron chi connectivity index (χ0n) is 16.5. The predicted octanol–water partition coefficient (Wildman–Crippen LogP) is 3.56. The summed E-state index contributed by atoms with van der Waals surface area (Å²) in [6.07, 6.45) is 2.00. The van der Waals surface area contributed by atoms with E-state index in [1.165, 1.54) is 0 Å². The van der Waals surface area contributed by atoms with Crippen molar-refractivity contribution in [2.45, 2.75) is 31.9 Å². The Morgan fingerprint density at radius 1 is 1.29 bits per heavy atom. The number of rotatable bonds is 8. The number of likely N-dealkylation sites (N-methyl/N-ethyl adjacent to an activating group) is 1. The van der Waals surface area contributed by atoms with Crippen molar-refractivity contribution in [3.8, 4) is 5.75 Å². The van der Waals surface area contributed by atoms with Gasteiger partial charge in [0.1, 0.15) is 12.4 Å². The molecule has 2 heterocycles. The number of para-hydroxylation sites is 1. The molecule has 0 radical (unpaired) electrons. The number of aromatic nitrogens is 3. The summed E-state index contributed by atoms with van der Waals surface area (Å²) >= 11 is 1.61. The molecule has 1 aromatic carbocycles. The van der Waals surface area contributed by atoms with Crippen LogP contribution in [0.25, 0.3) is 0 Å². The fourth-order valence-electron chi connectivity index (χ4n) is 2.81. The number of benzene rings is 1. The maximum Gasteiger partial charge on any atom is 0.275 e. The number of hydrogen-bond acceptors (Lipinski definition) is 6. The Morgan fingerprint density at radius 3 is 2.79 bits per heavy atom. The third-order valence-electron chi connectivity index (χ3n) is 4.31. The predicted molar refractivity (Wildman–Crippen MR) is 108 cm³/mol. The Hall–Kier alpha value is -2.74. The molecule has 0 N–H and O–H groups in total. The van der Waals surface area contributed by atoms with Crippen LogP contribution in [0.2, 0.25) is 0 Å². The van der Waals surface area contributed by atoms with Gasteiger partial charge in [-0.2, -0.15) is 5.10 Å². The van der Waals surface area contributed by atoms with E-state index in [4.69, 9.17) is 9.26 Å². The fourth-order valence-corrected chi connectivity index (χ4v) is 3.35. The lowest BCUT2D eigenvalue weighted by Gasteiger charge is -2.16. The maximum absolute atomic E-state index is 12.6. The first kappa shape index (κ1) is 20.0. The first-order valence-electron chi connectivity index (χ1n) is 8.96. The molecule has 148 valence electrons. The monoisotopic (exact) mass is 400 g/mol. The van der Waals surface area contributed by atoms with Gasteiger partial charge >= 0.3 is 0 Å². The van der Waals surface area contributed by atoms with Crippen molar-refractivity contribution < 1.29 is 14.1 Å². The smallest absolute Gasteiger partial charge is 0.275 e. The second-order valence-corrected chi connectivity index (χ2v) is 7.34. The lowest BCUT2D eigenvalue weighted by Crippen LogP contribution is -2.30.